The minimum absolute atomic E-state index is 0. The van der Waals surface area contributed by atoms with Gasteiger partial charge in [-0.05, 0) is 0 Å². The second-order valence-corrected chi connectivity index (χ2v) is 4.66. The summed E-state index contributed by atoms with van der Waals surface area (Å²) in [7, 11) is 5.01. The molecule has 0 bridgehead atoms. The molecule has 0 spiro atoms. The first kappa shape index (κ1) is 30.6. The fraction of sp³-hybridized carbons (Fsp3) is 1.00. The van der Waals surface area contributed by atoms with Gasteiger partial charge in [0, 0.05) is 41.0 Å². The van der Waals surface area contributed by atoms with Gasteiger partial charge in [-0.3, -0.25) is 4.90 Å². The average molecular weight is 471 g/mol. The van der Waals surface area contributed by atoms with Crippen LogP contribution in [-0.2, 0) is 28.4 Å². The Morgan fingerprint density at radius 3 is 1.04 bits per heavy atom. The van der Waals surface area contributed by atoms with Crippen LogP contribution >= 0.6 is 0 Å². The monoisotopic (exact) mass is 471 g/mol. The molecule has 0 N–H and O–H groups in total. The van der Waals surface area contributed by atoms with E-state index in [4.69, 9.17) is 28.4 Å². The molecule has 0 aromatic rings. The van der Waals surface area contributed by atoms with E-state index < -0.39 is 0 Å². The van der Waals surface area contributed by atoms with E-state index in [2.05, 4.69) is 4.90 Å². The number of rotatable bonds is 18. The molecule has 0 aliphatic carbocycles. The van der Waals surface area contributed by atoms with Crippen LogP contribution in [-0.4, -0.2) is 114 Å². The number of methoxy groups -OCH3 is 3. The Balaban J connectivity index is -0.00000220. The third-order valence-electron chi connectivity index (χ3n) is 2.95. The first-order valence-electron chi connectivity index (χ1n) is 7.77. The summed E-state index contributed by atoms with van der Waals surface area (Å²) in [5.41, 5.74) is 0. The van der Waals surface area contributed by atoms with Crippen LogP contribution < -0.4 is 68.9 Å². The minimum Gasteiger partial charge on any atom is -0.382 e. The molecular formula is C15H37BCsNO6. The predicted molar refractivity (Wildman–Crippen MR) is 95.9 cm³/mol. The van der Waals surface area contributed by atoms with Crippen LogP contribution in [0.4, 0.5) is 0 Å². The van der Waals surface area contributed by atoms with Crippen molar-refractivity contribution in [1.82, 2.24) is 4.90 Å². The van der Waals surface area contributed by atoms with Crippen molar-refractivity contribution in [3.8, 4) is 0 Å². The van der Waals surface area contributed by atoms with Crippen LogP contribution in [0.15, 0.2) is 0 Å². The molecule has 0 fully saturated rings. The minimum atomic E-state index is 0. The average Bonchev–Trinajstić information content (AvgIpc) is 2.53. The van der Waals surface area contributed by atoms with Crippen LogP contribution in [0, 0.1) is 0 Å². The van der Waals surface area contributed by atoms with E-state index in [1.165, 1.54) is 0 Å². The van der Waals surface area contributed by atoms with Crippen LogP contribution in [0.25, 0.3) is 0 Å². The standard InChI is InChI=1S/C15H33NO6.BH4.Cs/c1-17-10-13-20-7-4-16(5-8-21-14-11-18-2)6-9-22-15-12-19-3;;/h4-15H2,1-3H3;1H4;/q;-1;+1. The molecule has 0 rings (SSSR count). The summed E-state index contributed by atoms with van der Waals surface area (Å²) in [5, 5.41) is 0. The fourth-order valence-electron chi connectivity index (χ4n) is 1.65. The van der Waals surface area contributed by atoms with E-state index in [9.17, 15) is 0 Å². The van der Waals surface area contributed by atoms with Gasteiger partial charge in [-0.1, -0.05) is 8.41 Å². The Morgan fingerprint density at radius 1 is 0.500 bits per heavy atom. The van der Waals surface area contributed by atoms with Crippen molar-refractivity contribution in [3.63, 3.8) is 0 Å². The summed E-state index contributed by atoms with van der Waals surface area (Å²) in [6.07, 6.45) is 0. The zero-order chi connectivity index (χ0) is 16.3. The van der Waals surface area contributed by atoms with Gasteiger partial charge in [-0.15, -0.1) is 0 Å². The first-order valence-corrected chi connectivity index (χ1v) is 7.77. The van der Waals surface area contributed by atoms with Gasteiger partial charge in [-0.2, -0.15) is 0 Å². The number of hydrogen-bond acceptors (Lipinski definition) is 7. The number of ether oxygens (including phenoxy) is 6. The summed E-state index contributed by atoms with van der Waals surface area (Å²) in [4.78, 5) is 2.27. The molecular weight excluding hydrogens is 434 g/mol. The number of hydrogen-bond donors (Lipinski definition) is 0. The maximum atomic E-state index is 5.51. The Kier molecular flexibility index (Phi) is 34.5. The van der Waals surface area contributed by atoms with E-state index in [1.807, 2.05) is 0 Å². The van der Waals surface area contributed by atoms with E-state index in [1.54, 1.807) is 21.3 Å². The van der Waals surface area contributed by atoms with E-state index in [0.717, 1.165) is 19.6 Å². The van der Waals surface area contributed by atoms with E-state index >= 15 is 0 Å². The molecule has 0 radical (unpaired) electrons. The molecule has 0 amide bonds. The van der Waals surface area contributed by atoms with Gasteiger partial charge in [0.05, 0.1) is 59.5 Å². The Labute approximate surface area is 208 Å². The normalized spacial score (nSPS) is 10.5. The first-order chi connectivity index (χ1) is 10.8. The van der Waals surface area contributed by atoms with E-state index in [0.29, 0.717) is 59.5 Å². The second kappa shape index (κ2) is 27.1. The molecule has 0 atom stereocenters. The van der Waals surface area contributed by atoms with E-state index in [-0.39, 0.29) is 77.3 Å². The van der Waals surface area contributed by atoms with Crippen LogP contribution in [0.2, 0.25) is 0 Å². The van der Waals surface area contributed by atoms with Gasteiger partial charge in [0.25, 0.3) is 0 Å². The van der Waals surface area contributed by atoms with Gasteiger partial charge in [0.2, 0.25) is 0 Å². The molecule has 0 saturated heterocycles. The Morgan fingerprint density at radius 2 is 0.792 bits per heavy atom. The molecule has 24 heavy (non-hydrogen) atoms. The maximum Gasteiger partial charge on any atom is 1.00 e. The molecule has 9 heteroatoms. The topological polar surface area (TPSA) is 58.6 Å². The molecule has 142 valence electrons. The molecule has 0 aliphatic rings. The zero-order valence-corrected chi connectivity index (χ0v) is 21.7. The molecule has 0 aliphatic heterocycles. The molecule has 0 aromatic carbocycles. The third-order valence-corrected chi connectivity index (χ3v) is 2.95. The summed E-state index contributed by atoms with van der Waals surface area (Å²) in [5.74, 6) is 0. The van der Waals surface area contributed by atoms with Crippen LogP contribution in [0.3, 0.4) is 0 Å². The van der Waals surface area contributed by atoms with Crippen molar-refractivity contribution in [2.24, 2.45) is 0 Å². The summed E-state index contributed by atoms with van der Waals surface area (Å²) >= 11 is 0. The second-order valence-electron chi connectivity index (χ2n) is 4.66. The molecule has 0 aromatic heterocycles. The van der Waals surface area contributed by atoms with Crippen molar-refractivity contribution >= 4 is 8.41 Å². The smallest absolute Gasteiger partial charge is 0.382 e. The predicted octanol–water partition coefficient (Wildman–Crippen LogP) is -4.17. The third kappa shape index (κ3) is 23.8. The maximum absolute atomic E-state index is 5.51. The summed E-state index contributed by atoms with van der Waals surface area (Å²) in [6, 6.07) is 0. The largest absolute Gasteiger partial charge is 1.00 e. The van der Waals surface area contributed by atoms with Gasteiger partial charge in [0.15, 0.2) is 0 Å². The molecule has 0 heterocycles. The SMILES string of the molecule is COCCOCCN(CCOCCOC)CCOCCOC.[BH4-].[Cs+]. The summed E-state index contributed by atoms with van der Waals surface area (Å²) in [6.45, 7) is 8.34. The van der Waals surface area contributed by atoms with Gasteiger partial charge in [-0.25, -0.2) is 0 Å². The quantitative estimate of drug-likeness (QED) is 0.149. The van der Waals surface area contributed by atoms with Crippen molar-refractivity contribution in [1.29, 1.82) is 0 Å². The van der Waals surface area contributed by atoms with Crippen molar-refractivity contribution in [2.45, 2.75) is 0 Å². The van der Waals surface area contributed by atoms with Gasteiger partial charge < -0.3 is 28.4 Å². The van der Waals surface area contributed by atoms with Gasteiger partial charge >= 0.3 is 68.9 Å². The van der Waals surface area contributed by atoms with Gasteiger partial charge in [0.1, 0.15) is 0 Å². The summed E-state index contributed by atoms with van der Waals surface area (Å²) < 4.78 is 31.4. The van der Waals surface area contributed by atoms with Crippen LogP contribution in [0.5, 0.6) is 0 Å². The van der Waals surface area contributed by atoms with Crippen LogP contribution in [0.1, 0.15) is 0 Å². The molecule has 0 unspecified atom stereocenters. The Bertz CT molecular complexity index is 187. The van der Waals surface area contributed by atoms with Crippen molar-refractivity contribution in [2.75, 3.05) is 100 Å². The van der Waals surface area contributed by atoms with Crippen molar-refractivity contribution in [3.05, 3.63) is 0 Å². The molecule has 7 nitrogen and oxygen atoms in total. The Hall–Kier alpha value is 1.84. The number of nitrogens with zero attached hydrogens (tertiary/aromatic N) is 1. The molecule has 0 saturated carbocycles. The zero-order valence-electron chi connectivity index (χ0n) is 15.4. The fourth-order valence-corrected chi connectivity index (χ4v) is 1.65. The van der Waals surface area contributed by atoms with Crippen molar-refractivity contribution < 1.29 is 97.3 Å².